The Morgan fingerprint density at radius 2 is 1.86 bits per heavy atom. The van der Waals surface area contributed by atoms with Gasteiger partial charge in [-0.05, 0) is 0 Å². The van der Waals surface area contributed by atoms with E-state index in [-0.39, 0.29) is 20.3 Å². The maximum atomic E-state index is 11.8. The molecule has 0 aliphatic carbocycles. The summed E-state index contributed by atoms with van der Waals surface area (Å²) in [7, 11) is 0. The van der Waals surface area contributed by atoms with Crippen molar-refractivity contribution in [1.82, 2.24) is 0 Å². The third-order valence-electron chi connectivity index (χ3n) is 1.85. The zero-order valence-corrected chi connectivity index (χ0v) is 9.70. The summed E-state index contributed by atoms with van der Waals surface area (Å²) in [5, 5.41) is 0.658. The molecule has 2 rings (SSSR count). The zero-order chi connectivity index (χ0) is 9.97. The van der Waals surface area contributed by atoms with Gasteiger partial charge in [-0.25, -0.2) is 0 Å². The molecule has 0 saturated heterocycles. The van der Waals surface area contributed by atoms with Crippen LogP contribution in [-0.2, 0) is 0 Å². The number of carbonyl (C=O) groups is 1. The first kappa shape index (κ1) is 9.72. The van der Waals surface area contributed by atoms with Crippen LogP contribution < -0.4 is 0 Å². The Morgan fingerprint density at radius 3 is 2.43 bits per heavy atom. The molecule has 0 amide bonds. The van der Waals surface area contributed by atoms with Crippen LogP contribution in [0.2, 0.25) is 5.02 Å². The minimum absolute atomic E-state index is 0.117. The van der Waals surface area contributed by atoms with Crippen molar-refractivity contribution in [1.29, 1.82) is 0 Å². The van der Waals surface area contributed by atoms with Gasteiger partial charge in [-0.15, -0.1) is 0 Å². The Bertz CT molecular complexity index is 431. The number of hydrogen-bond acceptors (Lipinski definition) is 1. The molecule has 0 spiro atoms. The van der Waals surface area contributed by atoms with Gasteiger partial charge in [-0.3, -0.25) is 0 Å². The molecule has 2 aromatic rings. The van der Waals surface area contributed by atoms with E-state index >= 15 is 0 Å². The van der Waals surface area contributed by atoms with Crippen molar-refractivity contribution < 1.29 is 4.79 Å². The van der Waals surface area contributed by atoms with Crippen LogP contribution in [-0.4, -0.2) is 20.3 Å². The van der Waals surface area contributed by atoms with Crippen LogP contribution in [0.1, 0.15) is 14.8 Å². The summed E-state index contributed by atoms with van der Waals surface area (Å²) in [6.45, 7) is 0. The first-order valence-electron chi connectivity index (χ1n) is 4.11. The van der Waals surface area contributed by atoms with Gasteiger partial charge in [-0.2, -0.15) is 0 Å². The van der Waals surface area contributed by atoms with E-state index in [0.29, 0.717) is 10.6 Å². The Labute approximate surface area is 93.1 Å². The Morgan fingerprint density at radius 1 is 1.14 bits per heavy atom. The molecule has 1 nitrogen and oxygen atoms in total. The third-order valence-corrected chi connectivity index (χ3v) is 3.93. The Balaban J connectivity index is 2.33. The molecule has 0 atom stereocenters. The van der Waals surface area contributed by atoms with Crippen LogP contribution >= 0.6 is 11.6 Å². The van der Waals surface area contributed by atoms with Gasteiger partial charge in [-0.1, -0.05) is 0 Å². The van der Waals surface area contributed by atoms with Crippen LogP contribution in [0.3, 0.4) is 0 Å². The molecule has 0 unspecified atom stereocenters. The number of halogens is 1. The average molecular weight is 270 g/mol. The van der Waals surface area contributed by atoms with Gasteiger partial charge in [0, 0.05) is 0 Å². The molecule has 0 aliphatic heterocycles. The second kappa shape index (κ2) is 4.14. The fourth-order valence-corrected chi connectivity index (χ4v) is 2.72. The maximum absolute atomic E-state index is 11.8. The molecule has 1 heterocycles. The van der Waals surface area contributed by atoms with Crippen molar-refractivity contribution >= 4 is 31.9 Å². The van der Waals surface area contributed by atoms with Gasteiger partial charge in [0.2, 0.25) is 0 Å². The quantitative estimate of drug-likeness (QED) is 0.605. The molecule has 0 radical (unpaired) electrons. The third kappa shape index (κ3) is 1.98. The van der Waals surface area contributed by atoms with E-state index in [4.69, 9.17) is 11.6 Å². The fourth-order valence-electron chi connectivity index (χ4n) is 1.15. The van der Waals surface area contributed by atoms with Crippen molar-refractivity contribution in [2.24, 2.45) is 0 Å². The van der Waals surface area contributed by atoms with E-state index in [2.05, 4.69) is 0 Å². The molecule has 14 heavy (non-hydrogen) atoms. The molecule has 0 bridgehead atoms. The topological polar surface area (TPSA) is 17.1 Å². The van der Waals surface area contributed by atoms with Gasteiger partial charge in [0.25, 0.3) is 0 Å². The first-order valence-corrected chi connectivity index (χ1v) is 6.33. The Hall–Kier alpha value is -0.821. The second-order valence-electron chi connectivity index (χ2n) is 2.81. The Kier molecular flexibility index (Phi) is 2.87. The van der Waals surface area contributed by atoms with Gasteiger partial charge in [0.1, 0.15) is 0 Å². The van der Waals surface area contributed by atoms with Gasteiger partial charge in [0.15, 0.2) is 0 Å². The molecule has 70 valence electrons. The molecule has 0 aliphatic rings. The molecule has 0 N–H and O–H groups in total. The number of benzene rings is 1. The number of ketones is 1. The van der Waals surface area contributed by atoms with Gasteiger partial charge < -0.3 is 0 Å². The number of rotatable bonds is 2. The molecule has 1 aromatic carbocycles. The van der Waals surface area contributed by atoms with E-state index in [9.17, 15) is 4.79 Å². The summed E-state index contributed by atoms with van der Waals surface area (Å²) < 4.78 is 0.903. The predicted octanol–water partition coefficient (Wildman–Crippen LogP) is 2.63. The van der Waals surface area contributed by atoms with Crippen molar-refractivity contribution in [3.05, 3.63) is 56.4 Å². The van der Waals surface area contributed by atoms with Crippen molar-refractivity contribution in [3.8, 4) is 0 Å². The monoisotopic (exact) mass is 270 g/mol. The molecule has 1 aromatic heterocycles. The molecular formula is C11H7ClOSe. The summed E-state index contributed by atoms with van der Waals surface area (Å²) in [6, 6.07) is 10.8. The molecule has 0 fully saturated rings. The molecular weight excluding hydrogens is 263 g/mol. The van der Waals surface area contributed by atoms with E-state index < -0.39 is 0 Å². The SMILES string of the molecule is O=C(c1ccc(Cl)cc1)c1ccc[se]1. The van der Waals surface area contributed by atoms with E-state index in [1.807, 2.05) is 17.1 Å². The zero-order valence-electron chi connectivity index (χ0n) is 7.24. The standard InChI is InChI=1S/C11H7ClOSe/c12-9-5-3-8(4-6-9)11(13)10-2-1-7-14-10/h1-7H. The predicted molar refractivity (Wildman–Crippen MR) is 58.3 cm³/mol. The first-order chi connectivity index (χ1) is 6.77. The van der Waals surface area contributed by atoms with Gasteiger partial charge in [0.05, 0.1) is 0 Å². The second-order valence-corrected chi connectivity index (χ2v) is 5.24. The molecule has 3 heteroatoms. The summed E-state index contributed by atoms with van der Waals surface area (Å²) in [5.74, 6) is 0.117. The summed E-state index contributed by atoms with van der Waals surface area (Å²) >= 11 is 5.95. The van der Waals surface area contributed by atoms with Crippen LogP contribution in [0.25, 0.3) is 0 Å². The van der Waals surface area contributed by atoms with Gasteiger partial charge >= 0.3 is 93.0 Å². The van der Waals surface area contributed by atoms with Crippen LogP contribution in [0.15, 0.2) is 41.3 Å². The summed E-state index contributed by atoms with van der Waals surface area (Å²) in [4.78, 5) is 13.9. The van der Waals surface area contributed by atoms with Crippen molar-refractivity contribution in [2.45, 2.75) is 0 Å². The summed E-state index contributed by atoms with van der Waals surface area (Å²) in [6.07, 6.45) is 0. The number of hydrogen-bond donors (Lipinski definition) is 0. The van der Waals surface area contributed by atoms with E-state index in [1.165, 1.54) is 0 Å². The van der Waals surface area contributed by atoms with E-state index in [1.54, 1.807) is 24.3 Å². The molecule has 0 saturated carbocycles. The van der Waals surface area contributed by atoms with Crippen LogP contribution in [0, 0.1) is 0 Å². The minimum atomic E-state index is 0.117. The van der Waals surface area contributed by atoms with Crippen LogP contribution in [0.4, 0.5) is 0 Å². The normalized spacial score (nSPS) is 10.1. The van der Waals surface area contributed by atoms with E-state index in [0.717, 1.165) is 4.44 Å². The fraction of sp³-hybridized carbons (Fsp3) is 0. The average Bonchev–Trinajstić information content (AvgIpc) is 2.71. The van der Waals surface area contributed by atoms with Crippen molar-refractivity contribution in [2.75, 3.05) is 0 Å². The van der Waals surface area contributed by atoms with Crippen molar-refractivity contribution in [3.63, 3.8) is 0 Å². The summed E-state index contributed by atoms with van der Waals surface area (Å²) in [5.41, 5.74) is 0.714. The van der Waals surface area contributed by atoms with Crippen LogP contribution in [0.5, 0.6) is 0 Å². The number of carbonyl (C=O) groups excluding carboxylic acids is 1.